The van der Waals surface area contributed by atoms with Gasteiger partial charge >= 0.3 is 6.18 Å². The van der Waals surface area contributed by atoms with Crippen molar-refractivity contribution < 1.29 is 17.6 Å². The summed E-state index contributed by atoms with van der Waals surface area (Å²) in [4.78, 5) is 6.79. The largest absolute Gasteiger partial charge is 0.419 e. The molecule has 0 aliphatic rings. The van der Waals surface area contributed by atoms with Crippen molar-refractivity contribution in [2.24, 2.45) is 0 Å². The highest BCUT2D eigenvalue weighted by Crippen LogP contribution is 2.33. The Morgan fingerprint density at radius 2 is 2.00 bits per heavy atom. The number of nitrogens with zero attached hydrogens (tertiary/aromatic N) is 1. The second-order valence-electron chi connectivity index (χ2n) is 4.50. The second-order valence-corrected chi connectivity index (χ2v) is 4.89. The van der Waals surface area contributed by atoms with Gasteiger partial charge in [-0.15, -0.1) is 0 Å². The maximum atomic E-state index is 13.7. The van der Waals surface area contributed by atoms with Crippen LogP contribution in [0.15, 0.2) is 24.5 Å². The lowest BCUT2D eigenvalue weighted by Gasteiger charge is -2.12. The molecule has 0 bridgehead atoms. The van der Waals surface area contributed by atoms with Gasteiger partial charge in [0.25, 0.3) is 0 Å². The van der Waals surface area contributed by atoms with E-state index in [0.29, 0.717) is 27.9 Å². The molecule has 0 amide bonds. The number of hydrogen-bond donors (Lipinski definition) is 1. The number of H-pyrrole nitrogens is 1. The zero-order valence-corrected chi connectivity index (χ0v) is 11.9. The van der Waals surface area contributed by atoms with Crippen molar-refractivity contribution in [2.75, 3.05) is 0 Å². The maximum Gasteiger partial charge on any atom is 0.419 e. The van der Waals surface area contributed by atoms with Gasteiger partial charge in [0.15, 0.2) is 0 Å². The van der Waals surface area contributed by atoms with Gasteiger partial charge in [0, 0.05) is 11.1 Å². The minimum absolute atomic E-state index is 0.317. The van der Waals surface area contributed by atoms with Crippen LogP contribution in [0.5, 0.6) is 0 Å². The average Bonchev–Trinajstić information content (AvgIpc) is 2.39. The molecule has 2 nitrogen and oxygen atoms in total. The van der Waals surface area contributed by atoms with Crippen molar-refractivity contribution in [3.05, 3.63) is 46.1 Å². The molecule has 0 saturated carbocycles. The van der Waals surface area contributed by atoms with Crippen LogP contribution in [-0.2, 0) is 12.6 Å². The first kappa shape index (κ1) is 15.6. The molecule has 1 aromatic heterocycles. The molecule has 1 aromatic carbocycles. The molecule has 21 heavy (non-hydrogen) atoms. The van der Waals surface area contributed by atoms with Crippen molar-refractivity contribution in [3.63, 3.8) is 0 Å². The molecule has 0 unspecified atom stereocenters. The Morgan fingerprint density at radius 1 is 1.29 bits per heavy atom. The summed E-state index contributed by atoms with van der Waals surface area (Å²) in [6.07, 6.45) is -1.95. The van der Waals surface area contributed by atoms with E-state index in [1.165, 1.54) is 12.4 Å². The summed E-state index contributed by atoms with van der Waals surface area (Å²) in [7, 11) is 0. The Labute approximate surface area is 123 Å². The summed E-state index contributed by atoms with van der Waals surface area (Å²) in [6, 6.07) is 2.83. The van der Waals surface area contributed by atoms with E-state index < -0.39 is 17.6 Å². The predicted octanol–water partition coefficient (Wildman–Crippen LogP) is 4.92. The number of alkyl halides is 3. The van der Waals surface area contributed by atoms with Crippen LogP contribution in [0.25, 0.3) is 11.3 Å². The molecule has 1 heterocycles. The van der Waals surface area contributed by atoms with Crippen molar-refractivity contribution in [2.45, 2.75) is 25.9 Å². The first-order chi connectivity index (χ1) is 9.84. The lowest BCUT2D eigenvalue weighted by Crippen LogP contribution is -2.08. The molecular formula is C14H12F4N2S. The first-order valence-electron chi connectivity index (χ1n) is 6.28. The number of benzene rings is 1. The minimum Gasteiger partial charge on any atom is -0.346 e. The van der Waals surface area contributed by atoms with E-state index in [0.717, 1.165) is 18.6 Å². The Bertz CT molecular complexity index is 707. The Balaban J connectivity index is 2.56. The van der Waals surface area contributed by atoms with Crippen LogP contribution in [0, 0.1) is 10.5 Å². The topological polar surface area (TPSA) is 28.7 Å². The SMILES string of the molecule is CCCc1c(-c2ccc(C(F)(F)F)c(F)c2)[nH]cnc1=S. The zero-order valence-electron chi connectivity index (χ0n) is 11.1. The number of halogens is 4. The van der Waals surface area contributed by atoms with Crippen LogP contribution in [0.2, 0.25) is 0 Å². The van der Waals surface area contributed by atoms with Gasteiger partial charge in [-0.1, -0.05) is 31.6 Å². The van der Waals surface area contributed by atoms with Gasteiger partial charge in [-0.3, -0.25) is 0 Å². The Morgan fingerprint density at radius 3 is 2.57 bits per heavy atom. The standard InChI is InChI=1S/C14H12F4N2S/c1-2-3-9-12(19-7-20-13(9)21)8-4-5-10(11(15)6-8)14(16,17)18/h4-7H,2-3H2,1H3,(H,19,20,21). The van der Waals surface area contributed by atoms with E-state index >= 15 is 0 Å². The van der Waals surface area contributed by atoms with Gasteiger partial charge in [0.1, 0.15) is 10.5 Å². The Hall–Kier alpha value is -1.76. The predicted molar refractivity (Wildman–Crippen MR) is 73.8 cm³/mol. The van der Waals surface area contributed by atoms with E-state index in [-0.39, 0.29) is 0 Å². The van der Waals surface area contributed by atoms with Gasteiger partial charge < -0.3 is 4.98 Å². The molecule has 2 aromatic rings. The fourth-order valence-corrected chi connectivity index (χ4v) is 2.32. The summed E-state index contributed by atoms with van der Waals surface area (Å²) in [5.74, 6) is -1.31. The van der Waals surface area contributed by atoms with Crippen molar-refractivity contribution in [1.82, 2.24) is 9.97 Å². The van der Waals surface area contributed by atoms with E-state index in [1.54, 1.807) is 0 Å². The fourth-order valence-electron chi connectivity index (χ4n) is 2.07. The quantitative estimate of drug-likeness (QED) is 0.643. The molecule has 7 heteroatoms. The molecule has 0 fully saturated rings. The van der Waals surface area contributed by atoms with Gasteiger partial charge in [-0.25, -0.2) is 9.37 Å². The fraction of sp³-hybridized carbons (Fsp3) is 0.286. The molecule has 0 aliphatic carbocycles. The summed E-state index contributed by atoms with van der Waals surface area (Å²) in [5.41, 5.74) is 0.243. The number of aromatic nitrogens is 2. The van der Waals surface area contributed by atoms with Crippen molar-refractivity contribution >= 4 is 12.2 Å². The van der Waals surface area contributed by atoms with E-state index in [9.17, 15) is 17.6 Å². The first-order valence-corrected chi connectivity index (χ1v) is 6.69. The number of hydrogen-bond acceptors (Lipinski definition) is 2. The number of rotatable bonds is 3. The molecule has 0 atom stereocenters. The van der Waals surface area contributed by atoms with E-state index in [4.69, 9.17) is 12.2 Å². The normalized spacial score (nSPS) is 11.7. The lowest BCUT2D eigenvalue weighted by molar-refractivity contribution is -0.139. The van der Waals surface area contributed by atoms with Crippen molar-refractivity contribution in [3.8, 4) is 11.3 Å². The highest BCUT2D eigenvalue weighted by Gasteiger charge is 2.34. The van der Waals surface area contributed by atoms with Crippen LogP contribution in [0.1, 0.15) is 24.5 Å². The third-order valence-electron chi connectivity index (χ3n) is 3.01. The molecule has 0 spiro atoms. The maximum absolute atomic E-state index is 13.7. The molecular weight excluding hydrogens is 304 g/mol. The molecule has 0 aliphatic heterocycles. The smallest absolute Gasteiger partial charge is 0.346 e. The van der Waals surface area contributed by atoms with Crippen molar-refractivity contribution in [1.29, 1.82) is 0 Å². The van der Waals surface area contributed by atoms with Gasteiger partial charge in [-0.2, -0.15) is 13.2 Å². The molecule has 112 valence electrons. The van der Waals surface area contributed by atoms with Crippen LogP contribution < -0.4 is 0 Å². The van der Waals surface area contributed by atoms with Gasteiger partial charge in [-0.05, 0) is 18.6 Å². The highest BCUT2D eigenvalue weighted by atomic mass is 32.1. The van der Waals surface area contributed by atoms with E-state index in [1.807, 2.05) is 6.92 Å². The van der Waals surface area contributed by atoms with Gasteiger partial charge in [0.05, 0.1) is 17.6 Å². The van der Waals surface area contributed by atoms with Crippen LogP contribution in [-0.4, -0.2) is 9.97 Å². The minimum atomic E-state index is -4.71. The molecule has 2 rings (SSSR count). The van der Waals surface area contributed by atoms with Crippen LogP contribution >= 0.6 is 12.2 Å². The number of nitrogens with one attached hydrogen (secondary N) is 1. The Kier molecular flexibility index (Phi) is 4.41. The van der Waals surface area contributed by atoms with E-state index in [2.05, 4.69) is 9.97 Å². The molecule has 0 radical (unpaired) electrons. The van der Waals surface area contributed by atoms with Crippen LogP contribution in [0.3, 0.4) is 0 Å². The summed E-state index contributed by atoms with van der Waals surface area (Å²) >= 11 is 5.12. The summed E-state index contributed by atoms with van der Waals surface area (Å²) in [6.45, 7) is 1.94. The summed E-state index contributed by atoms with van der Waals surface area (Å²) in [5, 5.41) is 0. The highest BCUT2D eigenvalue weighted by molar-refractivity contribution is 7.71. The third kappa shape index (κ3) is 3.29. The third-order valence-corrected chi connectivity index (χ3v) is 3.37. The molecule has 0 saturated heterocycles. The zero-order chi connectivity index (χ0) is 15.6. The second kappa shape index (κ2) is 5.93. The van der Waals surface area contributed by atoms with Gasteiger partial charge in [0.2, 0.25) is 0 Å². The number of aromatic amines is 1. The van der Waals surface area contributed by atoms with Crippen LogP contribution in [0.4, 0.5) is 17.6 Å². The average molecular weight is 316 g/mol. The summed E-state index contributed by atoms with van der Waals surface area (Å²) < 4.78 is 51.8. The monoisotopic (exact) mass is 316 g/mol. The molecule has 1 N–H and O–H groups in total. The lowest BCUT2D eigenvalue weighted by atomic mass is 10.0.